The third-order valence-electron chi connectivity index (χ3n) is 6.55. The number of carbonyl (C=O) groups is 3. The molecule has 2 aliphatic heterocycles. The molecular weight excluding hydrogens is 434 g/mol. The van der Waals surface area contributed by atoms with E-state index in [4.69, 9.17) is 9.47 Å². The molecule has 2 aliphatic rings. The van der Waals surface area contributed by atoms with Gasteiger partial charge in [-0.15, -0.1) is 0 Å². The van der Waals surface area contributed by atoms with E-state index in [0.717, 1.165) is 22.0 Å². The molecule has 2 aromatic rings. The Morgan fingerprint density at radius 1 is 0.912 bits per heavy atom. The van der Waals surface area contributed by atoms with E-state index in [1.54, 1.807) is 43.4 Å². The highest BCUT2D eigenvalue weighted by Gasteiger charge is 2.45. The van der Waals surface area contributed by atoms with Crippen molar-refractivity contribution in [1.82, 2.24) is 14.7 Å². The molecule has 1 fully saturated rings. The third kappa shape index (κ3) is 4.37. The predicted octanol–water partition coefficient (Wildman–Crippen LogP) is 2.67. The van der Waals surface area contributed by atoms with Gasteiger partial charge in [0.1, 0.15) is 17.5 Å². The van der Waals surface area contributed by atoms with Crippen LogP contribution in [0.5, 0.6) is 11.5 Å². The summed E-state index contributed by atoms with van der Waals surface area (Å²) in [6.07, 6.45) is 0. The maximum Gasteiger partial charge on any atom is 0.262 e. The highest BCUT2D eigenvalue weighted by molar-refractivity contribution is 6.22. The van der Waals surface area contributed by atoms with Gasteiger partial charge in [0.25, 0.3) is 11.8 Å². The van der Waals surface area contributed by atoms with Gasteiger partial charge in [0.2, 0.25) is 5.91 Å². The Labute approximate surface area is 200 Å². The molecule has 8 nitrogen and oxygen atoms in total. The summed E-state index contributed by atoms with van der Waals surface area (Å²) >= 11 is 0. The fourth-order valence-electron chi connectivity index (χ4n) is 4.71. The van der Waals surface area contributed by atoms with Crippen LogP contribution < -0.4 is 9.47 Å². The van der Waals surface area contributed by atoms with Gasteiger partial charge in [-0.3, -0.25) is 24.2 Å². The van der Waals surface area contributed by atoms with Gasteiger partial charge in [-0.05, 0) is 36.2 Å². The fourth-order valence-corrected chi connectivity index (χ4v) is 4.71. The average Bonchev–Trinajstić information content (AvgIpc) is 3.09. The summed E-state index contributed by atoms with van der Waals surface area (Å²) in [4.78, 5) is 44.8. The molecule has 0 aromatic heterocycles. The molecule has 0 saturated carbocycles. The summed E-state index contributed by atoms with van der Waals surface area (Å²) in [5.41, 5.74) is 1.75. The summed E-state index contributed by atoms with van der Waals surface area (Å²) in [7, 11) is 3.28. The molecule has 34 heavy (non-hydrogen) atoms. The van der Waals surface area contributed by atoms with Crippen LogP contribution in [0.25, 0.3) is 0 Å². The lowest BCUT2D eigenvalue weighted by atomic mass is 10.0. The molecule has 2 aromatic carbocycles. The van der Waals surface area contributed by atoms with Crippen LogP contribution in [0.4, 0.5) is 0 Å². The average molecular weight is 466 g/mol. The van der Waals surface area contributed by atoms with Crippen LogP contribution in [0.3, 0.4) is 0 Å². The monoisotopic (exact) mass is 465 g/mol. The minimum absolute atomic E-state index is 0.178. The number of amides is 3. The molecule has 2 heterocycles. The second kappa shape index (κ2) is 9.85. The van der Waals surface area contributed by atoms with Gasteiger partial charge in [0.05, 0.1) is 25.3 Å². The molecule has 4 rings (SSSR count). The van der Waals surface area contributed by atoms with Gasteiger partial charge < -0.3 is 14.4 Å². The predicted molar refractivity (Wildman–Crippen MR) is 127 cm³/mol. The lowest BCUT2D eigenvalue weighted by Crippen LogP contribution is -2.57. The molecule has 8 heteroatoms. The Kier molecular flexibility index (Phi) is 6.88. The van der Waals surface area contributed by atoms with E-state index in [1.807, 2.05) is 32.0 Å². The Morgan fingerprint density at radius 2 is 1.53 bits per heavy atom. The number of fused-ring (bicyclic) bond motifs is 1. The third-order valence-corrected chi connectivity index (χ3v) is 6.55. The van der Waals surface area contributed by atoms with Gasteiger partial charge in [0.15, 0.2) is 0 Å². The summed E-state index contributed by atoms with van der Waals surface area (Å²) in [6, 6.07) is 11.6. The van der Waals surface area contributed by atoms with Crippen molar-refractivity contribution in [1.29, 1.82) is 0 Å². The second-order valence-electron chi connectivity index (χ2n) is 8.99. The zero-order valence-corrected chi connectivity index (χ0v) is 20.1. The second-order valence-corrected chi connectivity index (χ2v) is 8.99. The Morgan fingerprint density at radius 3 is 2.06 bits per heavy atom. The van der Waals surface area contributed by atoms with E-state index < -0.39 is 17.9 Å². The standard InChI is InChI=1S/C26H31N3O5/c1-17(2)23(29-24(30)20-7-5-6-8-21(20)25(29)31)26(32)28-13-11-27(12-14-28)16-18-15-19(33-3)9-10-22(18)34-4/h5-10,15,17,23H,11-14,16H2,1-4H3. The zero-order chi connectivity index (χ0) is 24.4. The number of hydrogen-bond acceptors (Lipinski definition) is 6. The highest BCUT2D eigenvalue weighted by Crippen LogP contribution is 2.29. The SMILES string of the molecule is COc1ccc(OC)c(CN2CCN(C(=O)C(C(C)C)N3C(=O)c4ccccc4C3=O)CC2)c1. The van der Waals surface area contributed by atoms with Crippen LogP contribution in [-0.2, 0) is 11.3 Å². The molecule has 0 spiro atoms. The highest BCUT2D eigenvalue weighted by atomic mass is 16.5. The van der Waals surface area contributed by atoms with Crippen molar-refractivity contribution in [3.63, 3.8) is 0 Å². The van der Waals surface area contributed by atoms with Crippen LogP contribution in [0.2, 0.25) is 0 Å². The number of ether oxygens (including phenoxy) is 2. The van der Waals surface area contributed by atoms with Crippen molar-refractivity contribution >= 4 is 17.7 Å². The van der Waals surface area contributed by atoms with E-state index >= 15 is 0 Å². The summed E-state index contributed by atoms with van der Waals surface area (Å²) in [6.45, 7) is 6.83. The molecule has 1 unspecified atom stereocenters. The number of piperazine rings is 1. The first kappa shape index (κ1) is 23.8. The van der Waals surface area contributed by atoms with E-state index in [-0.39, 0.29) is 11.8 Å². The maximum absolute atomic E-state index is 13.5. The van der Waals surface area contributed by atoms with Crippen molar-refractivity contribution in [3.05, 3.63) is 59.2 Å². The van der Waals surface area contributed by atoms with E-state index in [0.29, 0.717) is 43.9 Å². The first-order chi connectivity index (χ1) is 16.3. The summed E-state index contributed by atoms with van der Waals surface area (Å²) in [5, 5.41) is 0. The van der Waals surface area contributed by atoms with Crippen LogP contribution in [0, 0.1) is 5.92 Å². The Balaban J connectivity index is 1.44. The number of methoxy groups -OCH3 is 2. The lowest BCUT2D eigenvalue weighted by Gasteiger charge is -2.39. The number of imide groups is 1. The molecule has 1 saturated heterocycles. The van der Waals surface area contributed by atoms with Gasteiger partial charge in [-0.2, -0.15) is 0 Å². The Bertz CT molecular complexity index is 1060. The van der Waals surface area contributed by atoms with Crippen molar-refractivity contribution in [2.45, 2.75) is 26.4 Å². The van der Waals surface area contributed by atoms with Crippen molar-refractivity contribution in [2.24, 2.45) is 5.92 Å². The van der Waals surface area contributed by atoms with Crippen molar-refractivity contribution in [2.75, 3.05) is 40.4 Å². The largest absolute Gasteiger partial charge is 0.497 e. The summed E-state index contributed by atoms with van der Waals surface area (Å²) in [5.74, 6) is 0.403. The normalized spacial score (nSPS) is 17.2. The zero-order valence-electron chi connectivity index (χ0n) is 20.1. The molecule has 180 valence electrons. The van der Waals surface area contributed by atoms with Gasteiger partial charge in [-0.1, -0.05) is 26.0 Å². The number of nitrogens with zero attached hydrogens (tertiary/aromatic N) is 3. The molecule has 1 atom stereocenters. The first-order valence-electron chi connectivity index (χ1n) is 11.5. The topological polar surface area (TPSA) is 79.4 Å². The van der Waals surface area contributed by atoms with Crippen LogP contribution >= 0.6 is 0 Å². The maximum atomic E-state index is 13.5. The number of benzene rings is 2. The van der Waals surface area contributed by atoms with Crippen molar-refractivity contribution in [3.8, 4) is 11.5 Å². The molecule has 0 aliphatic carbocycles. The minimum Gasteiger partial charge on any atom is -0.497 e. The number of rotatable bonds is 7. The van der Waals surface area contributed by atoms with Crippen LogP contribution in [-0.4, -0.2) is 78.9 Å². The van der Waals surface area contributed by atoms with E-state index in [2.05, 4.69) is 4.90 Å². The lowest BCUT2D eigenvalue weighted by molar-refractivity contribution is -0.138. The molecule has 0 bridgehead atoms. The molecule has 3 amide bonds. The van der Waals surface area contributed by atoms with Gasteiger partial charge in [0, 0.05) is 38.3 Å². The molecule has 0 N–H and O–H groups in total. The van der Waals surface area contributed by atoms with Gasteiger partial charge in [-0.25, -0.2) is 0 Å². The summed E-state index contributed by atoms with van der Waals surface area (Å²) < 4.78 is 10.8. The van der Waals surface area contributed by atoms with E-state index in [1.165, 1.54) is 0 Å². The fraction of sp³-hybridized carbons (Fsp3) is 0.423. The van der Waals surface area contributed by atoms with Crippen LogP contribution in [0.1, 0.15) is 40.1 Å². The van der Waals surface area contributed by atoms with Gasteiger partial charge >= 0.3 is 0 Å². The quantitative estimate of drug-likeness (QED) is 0.585. The molecular formula is C26H31N3O5. The van der Waals surface area contributed by atoms with Crippen LogP contribution in [0.15, 0.2) is 42.5 Å². The van der Waals surface area contributed by atoms with Crippen molar-refractivity contribution < 1.29 is 23.9 Å². The minimum atomic E-state index is -0.822. The Hall–Kier alpha value is -3.39. The van der Waals surface area contributed by atoms with E-state index in [9.17, 15) is 14.4 Å². The smallest absolute Gasteiger partial charge is 0.262 e. The number of hydrogen-bond donors (Lipinski definition) is 0. The molecule has 0 radical (unpaired) electrons. The first-order valence-corrected chi connectivity index (χ1v) is 11.5. The number of carbonyl (C=O) groups excluding carboxylic acids is 3.